The van der Waals surface area contributed by atoms with Crippen LogP contribution in [0.4, 0.5) is 10.5 Å². The first-order valence-corrected chi connectivity index (χ1v) is 8.66. The molecule has 3 rings (SSSR count). The molecule has 0 saturated heterocycles. The van der Waals surface area contributed by atoms with Gasteiger partial charge in [0.1, 0.15) is 5.65 Å². The predicted octanol–water partition coefficient (Wildman–Crippen LogP) is 4.06. The van der Waals surface area contributed by atoms with E-state index in [4.69, 9.17) is 0 Å². The third-order valence-electron chi connectivity index (χ3n) is 3.99. The molecule has 5 nitrogen and oxygen atoms in total. The lowest BCUT2D eigenvalue weighted by Gasteiger charge is -2.07. The van der Waals surface area contributed by atoms with Crippen LogP contribution in [0.5, 0.6) is 0 Å². The topological polar surface area (TPSA) is 59.0 Å². The van der Waals surface area contributed by atoms with Crippen molar-refractivity contribution in [3.8, 4) is 0 Å². The fraction of sp³-hybridized carbons (Fsp3) is 0.300. The quantitative estimate of drug-likeness (QED) is 0.713. The van der Waals surface area contributed by atoms with Gasteiger partial charge in [-0.1, -0.05) is 32.0 Å². The molecule has 1 aromatic carbocycles. The lowest BCUT2D eigenvalue weighted by atomic mass is 10.1. The molecule has 0 bridgehead atoms. The zero-order chi connectivity index (χ0) is 17.6. The van der Waals surface area contributed by atoms with E-state index >= 15 is 0 Å². The van der Waals surface area contributed by atoms with Crippen LogP contribution in [-0.2, 0) is 13.0 Å². The highest BCUT2D eigenvalue weighted by Crippen LogP contribution is 2.20. The number of para-hydroxylation sites is 1. The SMILES string of the molecule is CC(C)Cn1cc(CCNC(=O)Nc2ccccc2)c2cccnc21. The molecular weight excluding hydrogens is 312 g/mol. The highest BCUT2D eigenvalue weighted by atomic mass is 16.2. The maximum atomic E-state index is 12.0. The highest BCUT2D eigenvalue weighted by molar-refractivity contribution is 5.89. The van der Waals surface area contributed by atoms with Crippen LogP contribution in [0.2, 0.25) is 0 Å². The predicted molar refractivity (Wildman–Crippen MR) is 102 cm³/mol. The molecule has 0 fully saturated rings. The van der Waals surface area contributed by atoms with Gasteiger partial charge in [-0.05, 0) is 42.2 Å². The van der Waals surface area contributed by atoms with Gasteiger partial charge in [-0.2, -0.15) is 0 Å². The van der Waals surface area contributed by atoms with E-state index in [0.717, 1.165) is 29.7 Å². The average molecular weight is 336 g/mol. The number of nitrogens with zero attached hydrogens (tertiary/aromatic N) is 2. The number of aromatic nitrogens is 2. The summed E-state index contributed by atoms with van der Waals surface area (Å²) in [6, 6.07) is 13.3. The molecule has 0 atom stereocenters. The summed E-state index contributed by atoms with van der Waals surface area (Å²) in [7, 11) is 0. The van der Waals surface area contributed by atoms with Crippen LogP contribution in [0.3, 0.4) is 0 Å². The van der Waals surface area contributed by atoms with E-state index in [1.165, 1.54) is 5.56 Å². The van der Waals surface area contributed by atoms with Crippen molar-refractivity contribution in [1.29, 1.82) is 0 Å². The second-order valence-electron chi connectivity index (χ2n) is 6.57. The molecule has 0 unspecified atom stereocenters. The van der Waals surface area contributed by atoms with E-state index < -0.39 is 0 Å². The Morgan fingerprint density at radius 3 is 2.72 bits per heavy atom. The Labute approximate surface area is 148 Å². The molecule has 0 spiro atoms. The number of urea groups is 1. The minimum Gasteiger partial charge on any atom is -0.338 e. The smallest absolute Gasteiger partial charge is 0.319 e. The molecule has 2 heterocycles. The summed E-state index contributed by atoms with van der Waals surface area (Å²) >= 11 is 0. The van der Waals surface area contributed by atoms with Crippen LogP contribution in [-0.4, -0.2) is 22.1 Å². The maximum absolute atomic E-state index is 12.0. The first-order chi connectivity index (χ1) is 12.1. The van der Waals surface area contributed by atoms with Crippen molar-refractivity contribution < 1.29 is 4.79 Å². The number of nitrogens with one attached hydrogen (secondary N) is 2. The fourth-order valence-corrected chi connectivity index (χ4v) is 2.93. The van der Waals surface area contributed by atoms with E-state index in [-0.39, 0.29) is 6.03 Å². The first kappa shape index (κ1) is 17.0. The van der Waals surface area contributed by atoms with Crippen molar-refractivity contribution in [2.45, 2.75) is 26.8 Å². The van der Waals surface area contributed by atoms with Gasteiger partial charge < -0.3 is 15.2 Å². The summed E-state index contributed by atoms with van der Waals surface area (Å²) in [6.45, 7) is 5.91. The van der Waals surface area contributed by atoms with E-state index in [1.54, 1.807) is 0 Å². The summed E-state index contributed by atoms with van der Waals surface area (Å²) in [5.41, 5.74) is 3.02. The highest BCUT2D eigenvalue weighted by Gasteiger charge is 2.10. The summed E-state index contributed by atoms with van der Waals surface area (Å²) in [6.07, 6.45) is 4.76. The Hall–Kier alpha value is -2.82. The molecule has 0 aliphatic carbocycles. The normalized spacial score (nSPS) is 11.0. The van der Waals surface area contributed by atoms with Crippen LogP contribution in [0.1, 0.15) is 19.4 Å². The number of carbonyl (C=O) groups is 1. The van der Waals surface area contributed by atoms with E-state index in [1.807, 2.05) is 42.6 Å². The van der Waals surface area contributed by atoms with Gasteiger partial charge >= 0.3 is 6.03 Å². The number of carbonyl (C=O) groups excluding carboxylic acids is 1. The van der Waals surface area contributed by atoms with Gasteiger partial charge in [0.15, 0.2) is 0 Å². The van der Waals surface area contributed by atoms with Gasteiger partial charge in [-0.25, -0.2) is 9.78 Å². The Balaban J connectivity index is 1.62. The van der Waals surface area contributed by atoms with E-state index in [9.17, 15) is 4.79 Å². The van der Waals surface area contributed by atoms with Crippen LogP contribution in [0.15, 0.2) is 54.9 Å². The Morgan fingerprint density at radius 2 is 1.96 bits per heavy atom. The number of fused-ring (bicyclic) bond motifs is 1. The lowest BCUT2D eigenvalue weighted by molar-refractivity contribution is 0.252. The summed E-state index contributed by atoms with van der Waals surface area (Å²) in [4.78, 5) is 16.5. The van der Waals surface area contributed by atoms with Crippen molar-refractivity contribution in [2.75, 3.05) is 11.9 Å². The molecule has 5 heteroatoms. The number of hydrogen-bond donors (Lipinski definition) is 2. The number of benzene rings is 1. The molecule has 0 radical (unpaired) electrons. The van der Waals surface area contributed by atoms with Crippen molar-refractivity contribution in [3.05, 3.63) is 60.4 Å². The molecule has 0 saturated carbocycles. The molecule has 2 N–H and O–H groups in total. The molecule has 130 valence electrons. The van der Waals surface area contributed by atoms with Gasteiger partial charge in [0, 0.05) is 36.6 Å². The fourth-order valence-electron chi connectivity index (χ4n) is 2.93. The number of pyridine rings is 1. The molecule has 25 heavy (non-hydrogen) atoms. The minimum atomic E-state index is -0.185. The molecule has 2 aromatic heterocycles. The van der Waals surface area contributed by atoms with Crippen molar-refractivity contribution in [1.82, 2.24) is 14.9 Å². The van der Waals surface area contributed by atoms with Gasteiger partial charge in [0.2, 0.25) is 0 Å². The lowest BCUT2D eigenvalue weighted by Crippen LogP contribution is -2.30. The van der Waals surface area contributed by atoms with Crippen LogP contribution < -0.4 is 10.6 Å². The molecule has 0 aliphatic rings. The van der Waals surface area contributed by atoms with Crippen LogP contribution >= 0.6 is 0 Å². The Morgan fingerprint density at radius 1 is 1.16 bits per heavy atom. The zero-order valence-electron chi connectivity index (χ0n) is 14.7. The first-order valence-electron chi connectivity index (χ1n) is 8.66. The standard InChI is InChI=1S/C20H24N4O/c1-15(2)13-24-14-16(18-9-6-11-21-19(18)24)10-12-22-20(25)23-17-7-4-3-5-8-17/h3-9,11,14-15H,10,12-13H2,1-2H3,(H2,22,23,25). The minimum absolute atomic E-state index is 0.185. The van der Waals surface area contributed by atoms with E-state index in [0.29, 0.717) is 12.5 Å². The van der Waals surface area contributed by atoms with Crippen LogP contribution in [0.25, 0.3) is 11.0 Å². The largest absolute Gasteiger partial charge is 0.338 e. The van der Waals surface area contributed by atoms with Crippen molar-refractivity contribution >= 4 is 22.8 Å². The molecule has 0 aliphatic heterocycles. The van der Waals surface area contributed by atoms with Crippen LogP contribution in [0, 0.1) is 5.92 Å². The number of hydrogen-bond acceptors (Lipinski definition) is 2. The third-order valence-corrected chi connectivity index (χ3v) is 3.99. The summed E-state index contributed by atoms with van der Waals surface area (Å²) in [5, 5.41) is 6.90. The second-order valence-corrected chi connectivity index (χ2v) is 6.57. The number of amides is 2. The molecule has 3 aromatic rings. The maximum Gasteiger partial charge on any atom is 0.319 e. The third kappa shape index (κ3) is 4.38. The average Bonchev–Trinajstić information content (AvgIpc) is 2.93. The van der Waals surface area contributed by atoms with Crippen molar-refractivity contribution in [2.24, 2.45) is 5.92 Å². The van der Waals surface area contributed by atoms with E-state index in [2.05, 4.69) is 46.3 Å². The monoisotopic (exact) mass is 336 g/mol. The van der Waals surface area contributed by atoms with Gasteiger partial charge in [0.05, 0.1) is 0 Å². The number of rotatable bonds is 6. The van der Waals surface area contributed by atoms with Gasteiger partial charge in [-0.15, -0.1) is 0 Å². The van der Waals surface area contributed by atoms with Gasteiger partial charge in [0.25, 0.3) is 0 Å². The number of anilines is 1. The summed E-state index contributed by atoms with van der Waals surface area (Å²) < 4.78 is 2.21. The van der Waals surface area contributed by atoms with Crippen molar-refractivity contribution in [3.63, 3.8) is 0 Å². The Kier molecular flexibility index (Phi) is 5.33. The molecule has 2 amide bonds. The Bertz CT molecular complexity index is 839. The zero-order valence-corrected chi connectivity index (χ0v) is 14.7. The van der Waals surface area contributed by atoms with Gasteiger partial charge in [-0.3, -0.25) is 0 Å². The molecular formula is C20H24N4O. The summed E-state index contributed by atoms with van der Waals surface area (Å²) in [5.74, 6) is 0.556. The second kappa shape index (κ2) is 7.83.